The van der Waals surface area contributed by atoms with E-state index in [0.29, 0.717) is 31.2 Å². The first-order chi connectivity index (χ1) is 10.2. The minimum atomic E-state index is -0.278. The van der Waals surface area contributed by atoms with Gasteiger partial charge in [0.2, 0.25) is 0 Å². The largest absolute Gasteiger partial charge is 0.457 e. The minimum absolute atomic E-state index is 0.278. The van der Waals surface area contributed by atoms with Crippen LogP contribution in [0.5, 0.6) is 11.5 Å². The molecule has 112 valence electrons. The van der Waals surface area contributed by atoms with Gasteiger partial charge in [-0.05, 0) is 36.4 Å². The Hall–Kier alpha value is -1.43. The van der Waals surface area contributed by atoms with Gasteiger partial charge in [-0.2, -0.15) is 0 Å². The summed E-state index contributed by atoms with van der Waals surface area (Å²) < 4.78 is 25.1. The van der Waals surface area contributed by atoms with Crippen molar-refractivity contribution in [2.75, 3.05) is 20.3 Å². The summed E-state index contributed by atoms with van der Waals surface area (Å²) in [5.41, 5.74) is 0.770. The summed E-state index contributed by atoms with van der Waals surface area (Å²) >= 11 is 3.40. The zero-order valence-electron chi connectivity index (χ0n) is 11.7. The van der Waals surface area contributed by atoms with E-state index < -0.39 is 0 Å². The second kappa shape index (κ2) is 8.12. The molecule has 21 heavy (non-hydrogen) atoms. The average molecular weight is 354 g/mol. The number of nitrogens with one attached hydrogen (secondary N) is 1. The third-order valence-electron chi connectivity index (χ3n) is 2.84. The Bertz CT molecular complexity index is 592. The first kappa shape index (κ1) is 15.9. The molecule has 2 aromatic rings. The SMILES string of the molecule is COCCNCc1cc(F)ccc1Oc1cccc(Br)c1. The lowest BCUT2D eigenvalue weighted by Gasteiger charge is -2.12. The van der Waals surface area contributed by atoms with Gasteiger partial charge in [-0.3, -0.25) is 0 Å². The van der Waals surface area contributed by atoms with Crippen molar-refractivity contribution in [3.8, 4) is 11.5 Å². The van der Waals surface area contributed by atoms with E-state index in [1.165, 1.54) is 12.1 Å². The van der Waals surface area contributed by atoms with Crippen LogP contribution in [-0.4, -0.2) is 20.3 Å². The highest BCUT2D eigenvalue weighted by molar-refractivity contribution is 9.10. The third-order valence-corrected chi connectivity index (χ3v) is 3.34. The molecule has 2 aromatic carbocycles. The van der Waals surface area contributed by atoms with E-state index in [4.69, 9.17) is 9.47 Å². The van der Waals surface area contributed by atoms with E-state index >= 15 is 0 Å². The third kappa shape index (κ3) is 5.12. The molecule has 0 radical (unpaired) electrons. The van der Waals surface area contributed by atoms with Crippen molar-refractivity contribution < 1.29 is 13.9 Å². The van der Waals surface area contributed by atoms with Crippen LogP contribution in [0.1, 0.15) is 5.56 Å². The van der Waals surface area contributed by atoms with Crippen LogP contribution >= 0.6 is 15.9 Å². The summed E-state index contributed by atoms with van der Waals surface area (Å²) in [6, 6.07) is 12.1. The number of hydrogen-bond donors (Lipinski definition) is 1. The quantitative estimate of drug-likeness (QED) is 0.759. The molecule has 0 aliphatic rings. The summed E-state index contributed by atoms with van der Waals surface area (Å²) in [5.74, 6) is 1.06. The molecule has 0 saturated carbocycles. The van der Waals surface area contributed by atoms with E-state index in [1.807, 2.05) is 24.3 Å². The van der Waals surface area contributed by atoms with Crippen LogP contribution in [0.3, 0.4) is 0 Å². The minimum Gasteiger partial charge on any atom is -0.457 e. The van der Waals surface area contributed by atoms with Crippen LogP contribution in [-0.2, 0) is 11.3 Å². The first-order valence-electron chi connectivity index (χ1n) is 6.60. The molecule has 0 bridgehead atoms. The fourth-order valence-electron chi connectivity index (χ4n) is 1.84. The van der Waals surface area contributed by atoms with E-state index in [-0.39, 0.29) is 5.82 Å². The van der Waals surface area contributed by atoms with Crippen LogP contribution < -0.4 is 10.1 Å². The smallest absolute Gasteiger partial charge is 0.132 e. The number of benzene rings is 2. The Morgan fingerprint density at radius 3 is 2.81 bits per heavy atom. The van der Waals surface area contributed by atoms with Gasteiger partial charge in [0.05, 0.1) is 6.61 Å². The first-order valence-corrected chi connectivity index (χ1v) is 7.40. The van der Waals surface area contributed by atoms with Crippen molar-refractivity contribution in [3.05, 3.63) is 58.3 Å². The Morgan fingerprint density at radius 1 is 1.19 bits per heavy atom. The molecule has 0 aliphatic heterocycles. The van der Waals surface area contributed by atoms with E-state index in [0.717, 1.165) is 10.0 Å². The van der Waals surface area contributed by atoms with Crippen LogP contribution in [0.25, 0.3) is 0 Å². The molecule has 1 N–H and O–H groups in total. The van der Waals surface area contributed by atoms with Gasteiger partial charge in [0, 0.05) is 30.2 Å². The van der Waals surface area contributed by atoms with Gasteiger partial charge in [0.15, 0.2) is 0 Å². The van der Waals surface area contributed by atoms with Gasteiger partial charge < -0.3 is 14.8 Å². The molecule has 5 heteroatoms. The molecule has 0 aliphatic carbocycles. The van der Waals surface area contributed by atoms with Crippen LogP contribution in [0.4, 0.5) is 4.39 Å². The maximum atomic E-state index is 13.4. The lowest BCUT2D eigenvalue weighted by molar-refractivity contribution is 0.199. The van der Waals surface area contributed by atoms with Gasteiger partial charge in [-0.15, -0.1) is 0 Å². The van der Waals surface area contributed by atoms with Crippen LogP contribution in [0.15, 0.2) is 46.9 Å². The maximum Gasteiger partial charge on any atom is 0.132 e. The average Bonchev–Trinajstić information content (AvgIpc) is 2.46. The Kier molecular flexibility index (Phi) is 6.17. The van der Waals surface area contributed by atoms with Gasteiger partial charge >= 0.3 is 0 Å². The Labute approximate surface area is 132 Å². The maximum absolute atomic E-state index is 13.4. The zero-order chi connectivity index (χ0) is 15.1. The highest BCUT2D eigenvalue weighted by Gasteiger charge is 2.07. The molecule has 3 nitrogen and oxygen atoms in total. The van der Waals surface area contributed by atoms with Crippen molar-refractivity contribution in [3.63, 3.8) is 0 Å². The molecular weight excluding hydrogens is 337 g/mol. The van der Waals surface area contributed by atoms with Crippen molar-refractivity contribution in [2.24, 2.45) is 0 Å². The fourth-order valence-corrected chi connectivity index (χ4v) is 2.22. The molecule has 0 atom stereocenters. The molecule has 0 heterocycles. The lowest BCUT2D eigenvalue weighted by Crippen LogP contribution is -2.19. The zero-order valence-corrected chi connectivity index (χ0v) is 13.3. The summed E-state index contributed by atoms with van der Waals surface area (Å²) in [6.07, 6.45) is 0. The van der Waals surface area contributed by atoms with Crippen molar-refractivity contribution in [1.82, 2.24) is 5.32 Å². The summed E-state index contributed by atoms with van der Waals surface area (Å²) in [5, 5.41) is 3.19. The molecular formula is C16H17BrFNO2. The highest BCUT2D eigenvalue weighted by atomic mass is 79.9. The predicted octanol–water partition coefficient (Wildman–Crippen LogP) is 4.12. The molecule has 0 amide bonds. The summed E-state index contributed by atoms with van der Waals surface area (Å²) in [7, 11) is 1.64. The number of halogens is 2. The van der Waals surface area contributed by atoms with Crippen molar-refractivity contribution in [1.29, 1.82) is 0 Å². The van der Waals surface area contributed by atoms with Gasteiger partial charge in [-0.25, -0.2) is 4.39 Å². The van der Waals surface area contributed by atoms with E-state index in [9.17, 15) is 4.39 Å². The van der Waals surface area contributed by atoms with E-state index in [2.05, 4.69) is 21.2 Å². The second-order valence-corrected chi connectivity index (χ2v) is 5.40. The topological polar surface area (TPSA) is 30.5 Å². The normalized spacial score (nSPS) is 10.6. The summed E-state index contributed by atoms with van der Waals surface area (Å²) in [4.78, 5) is 0. The molecule has 2 rings (SSSR count). The van der Waals surface area contributed by atoms with Gasteiger partial charge in [-0.1, -0.05) is 22.0 Å². The fraction of sp³-hybridized carbons (Fsp3) is 0.250. The highest BCUT2D eigenvalue weighted by Crippen LogP contribution is 2.27. The molecule has 0 aromatic heterocycles. The monoisotopic (exact) mass is 353 g/mol. The lowest BCUT2D eigenvalue weighted by atomic mass is 10.2. The number of ether oxygens (including phenoxy) is 2. The Balaban J connectivity index is 2.10. The molecule has 0 fully saturated rings. The van der Waals surface area contributed by atoms with Crippen LogP contribution in [0.2, 0.25) is 0 Å². The second-order valence-electron chi connectivity index (χ2n) is 4.48. The van der Waals surface area contributed by atoms with E-state index in [1.54, 1.807) is 13.2 Å². The van der Waals surface area contributed by atoms with Gasteiger partial charge in [0.1, 0.15) is 17.3 Å². The van der Waals surface area contributed by atoms with Crippen molar-refractivity contribution >= 4 is 15.9 Å². The molecule has 0 spiro atoms. The molecule has 0 saturated heterocycles. The summed E-state index contributed by atoms with van der Waals surface area (Å²) in [6.45, 7) is 1.82. The molecule has 0 unspecified atom stereocenters. The van der Waals surface area contributed by atoms with Crippen molar-refractivity contribution in [2.45, 2.75) is 6.54 Å². The Morgan fingerprint density at radius 2 is 2.05 bits per heavy atom. The van der Waals surface area contributed by atoms with Crippen LogP contribution in [0, 0.1) is 5.82 Å². The number of rotatable bonds is 7. The number of methoxy groups -OCH3 is 1. The standard InChI is InChI=1S/C16H17BrFNO2/c1-20-8-7-19-11-12-9-14(18)5-6-16(12)21-15-4-2-3-13(17)10-15/h2-6,9-10,19H,7-8,11H2,1H3. The predicted molar refractivity (Wildman–Crippen MR) is 84.2 cm³/mol. The van der Waals surface area contributed by atoms with Gasteiger partial charge in [0.25, 0.3) is 0 Å². The number of hydrogen-bond acceptors (Lipinski definition) is 3.